The Bertz CT molecular complexity index is 373. The summed E-state index contributed by atoms with van der Waals surface area (Å²) in [5.74, 6) is -0.349. The molecule has 0 aliphatic carbocycles. The molecule has 0 aromatic heterocycles. The van der Waals surface area contributed by atoms with Crippen molar-refractivity contribution in [3.05, 3.63) is 34.1 Å². The van der Waals surface area contributed by atoms with Crippen molar-refractivity contribution in [1.82, 2.24) is 0 Å². The first-order valence-corrected chi connectivity index (χ1v) is 6.45. The molecule has 0 spiro atoms. The fourth-order valence-electron chi connectivity index (χ4n) is 1.67. The van der Waals surface area contributed by atoms with Crippen LogP contribution in [-0.2, 0) is 16.0 Å². The Balaban J connectivity index is 2.72. The third kappa shape index (κ3) is 4.56. The zero-order valence-corrected chi connectivity index (χ0v) is 11.6. The largest absolute Gasteiger partial charge is 0.371 e. The van der Waals surface area contributed by atoms with E-state index >= 15 is 0 Å². The van der Waals surface area contributed by atoms with Crippen LogP contribution in [0.3, 0.4) is 0 Å². The van der Waals surface area contributed by atoms with E-state index in [0.717, 1.165) is 0 Å². The highest BCUT2D eigenvalue weighted by molar-refractivity contribution is 9.10. The molecule has 0 heterocycles. The molecular formula is C13H16BrFO2. The summed E-state index contributed by atoms with van der Waals surface area (Å²) in [5, 5.41) is 0. The lowest BCUT2D eigenvalue weighted by Crippen LogP contribution is -2.25. The Hall–Kier alpha value is -0.740. The topological polar surface area (TPSA) is 26.3 Å². The molecule has 0 aliphatic rings. The fraction of sp³-hybridized carbons (Fsp3) is 0.462. The average molecular weight is 303 g/mol. The first-order chi connectivity index (χ1) is 8.06. The van der Waals surface area contributed by atoms with Crippen molar-refractivity contribution in [3.63, 3.8) is 0 Å². The van der Waals surface area contributed by atoms with Gasteiger partial charge in [0.1, 0.15) is 11.9 Å². The second kappa shape index (κ2) is 6.87. The number of ether oxygens (including phenoxy) is 1. The van der Waals surface area contributed by atoms with Crippen LogP contribution >= 0.6 is 15.9 Å². The van der Waals surface area contributed by atoms with E-state index in [9.17, 15) is 9.18 Å². The normalized spacial score (nSPS) is 12.5. The number of rotatable bonds is 6. The lowest BCUT2D eigenvalue weighted by Gasteiger charge is -2.13. The van der Waals surface area contributed by atoms with Gasteiger partial charge in [0, 0.05) is 17.5 Å². The Morgan fingerprint density at radius 2 is 2.12 bits per heavy atom. The molecule has 0 N–H and O–H groups in total. The molecule has 0 aliphatic heterocycles. The van der Waals surface area contributed by atoms with Gasteiger partial charge in [0.2, 0.25) is 0 Å². The van der Waals surface area contributed by atoms with Crippen molar-refractivity contribution in [3.8, 4) is 0 Å². The number of benzene rings is 1. The van der Waals surface area contributed by atoms with Crippen LogP contribution in [0.15, 0.2) is 22.7 Å². The van der Waals surface area contributed by atoms with Crippen LogP contribution in [-0.4, -0.2) is 18.5 Å². The molecule has 1 aromatic rings. The minimum atomic E-state index is -0.387. The van der Waals surface area contributed by atoms with Crippen LogP contribution in [0.25, 0.3) is 0 Å². The molecule has 1 rings (SSSR count). The second-order valence-electron chi connectivity index (χ2n) is 3.77. The lowest BCUT2D eigenvalue weighted by molar-refractivity contribution is -0.129. The van der Waals surface area contributed by atoms with Crippen LogP contribution < -0.4 is 0 Å². The highest BCUT2D eigenvalue weighted by Gasteiger charge is 2.17. The first-order valence-electron chi connectivity index (χ1n) is 5.66. The minimum absolute atomic E-state index is 0.00755. The maximum Gasteiger partial charge on any atom is 0.165 e. The summed E-state index contributed by atoms with van der Waals surface area (Å²) in [6.07, 6.45) is 0.458. The van der Waals surface area contributed by atoms with E-state index in [-0.39, 0.29) is 24.1 Å². The predicted octanol–water partition coefficient (Wildman–Crippen LogP) is 3.51. The maximum absolute atomic E-state index is 13.1. The van der Waals surface area contributed by atoms with E-state index in [0.29, 0.717) is 23.1 Å². The van der Waals surface area contributed by atoms with Crippen molar-refractivity contribution < 1.29 is 13.9 Å². The first kappa shape index (κ1) is 14.3. The van der Waals surface area contributed by atoms with Crippen molar-refractivity contribution in [2.24, 2.45) is 0 Å². The zero-order valence-electron chi connectivity index (χ0n) is 10.0. The zero-order chi connectivity index (χ0) is 12.8. The highest BCUT2D eigenvalue weighted by Crippen LogP contribution is 2.16. The van der Waals surface area contributed by atoms with Crippen LogP contribution in [0.1, 0.15) is 25.8 Å². The Kier molecular flexibility index (Phi) is 5.78. The number of halogens is 2. The number of Topliss-reactive ketones (excluding diaryl/α,β-unsaturated/α-hetero) is 1. The molecular weight excluding hydrogens is 287 g/mol. The summed E-state index contributed by atoms with van der Waals surface area (Å²) in [4.78, 5) is 11.9. The van der Waals surface area contributed by atoms with Gasteiger partial charge in [-0.3, -0.25) is 4.79 Å². The lowest BCUT2D eigenvalue weighted by atomic mass is 10.0. The van der Waals surface area contributed by atoms with Gasteiger partial charge >= 0.3 is 0 Å². The number of carbonyl (C=O) groups excluding carboxylic acids is 1. The number of hydrogen-bond acceptors (Lipinski definition) is 2. The molecule has 0 fully saturated rings. The van der Waals surface area contributed by atoms with E-state index < -0.39 is 0 Å². The van der Waals surface area contributed by atoms with E-state index in [1.54, 1.807) is 6.07 Å². The third-order valence-electron chi connectivity index (χ3n) is 2.40. The number of hydrogen-bond donors (Lipinski definition) is 0. The summed E-state index contributed by atoms with van der Waals surface area (Å²) in [5.41, 5.74) is 0.667. The molecule has 2 nitrogen and oxygen atoms in total. The fourth-order valence-corrected chi connectivity index (χ4v) is 2.18. The van der Waals surface area contributed by atoms with Crippen molar-refractivity contribution >= 4 is 21.7 Å². The summed E-state index contributed by atoms with van der Waals surface area (Å²) in [7, 11) is 0. The van der Waals surface area contributed by atoms with Gasteiger partial charge in [-0.1, -0.05) is 22.9 Å². The van der Waals surface area contributed by atoms with Crippen molar-refractivity contribution in [2.45, 2.75) is 32.8 Å². The highest BCUT2D eigenvalue weighted by atomic mass is 79.9. The minimum Gasteiger partial charge on any atom is -0.371 e. The van der Waals surface area contributed by atoms with Gasteiger partial charge in [-0.15, -0.1) is 0 Å². The quantitative estimate of drug-likeness (QED) is 0.804. The molecule has 17 heavy (non-hydrogen) atoms. The van der Waals surface area contributed by atoms with Gasteiger partial charge < -0.3 is 4.74 Å². The maximum atomic E-state index is 13.1. The molecule has 0 saturated carbocycles. The Morgan fingerprint density at radius 3 is 2.65 bits per heavy atom. The Morgan fingerprint density at radius 1 is 1.41 bits per heavy atom. The van der Waals surface area contributed by atoms with Crippen molar-refractivity contribution in [2.75, 3.05) is 6.61 Å². The smallest absolute Gasteiger partial charge is 0.165 e. The van der Waals surface area contributed by atoms with Crippen LogP contribution in [0, 0.1) is 5.82 Å². The summed E-state index contributed by atoms with van der Waals surface area (Å²) < 4.78 is 19.1. The summed E-state index contributed by atoms with van der Waals surface area (Å²) >= 11 is 3.21. The van der Waals surface area contributed by atoms with Gasteiger partial charge in [0.15, 0.2) is 5.78 Å². The molecule has 1 atom stereocenters. The molecule has 4 heteroatoms. The molecule has 0 bridgehead atoms. The molecule has 0 radical (unpaired) electrons. The van der Waals surface area contributed by atoms with Crippen LogP contribution in [0.2, 0.25) is 0 Å². The molecule has 1 aromatic carbocycles. The second-order valence-corrected chi connectivity index (χ2v) is 4.69. The number of ketones is 1. The Labute approximate surface area is 109 Å². The predicted molar refractivity (Wildman–Crippen MR) is 68.5 cm³/mol. The third-order valence-corrected chi connectivity index (χ3v) is 2.86. The van der Waals surface area contributed by atoms with Gasteiger partial charge in [0.05, 0.1) is 0 Å². The monoisotopic (exact) mass is 302 g/mol. The average Bonchev–Trinajstić information content (AvgIpc) is 2.24. The standard InChI is InChI=1S/C13H16BrFO2/c1-3-13(17-4-2)12(16)7-9-5-10(14)8-11(15)6-9/h5-6,8,13H,3-4,7H2,1-2H3. The van der Waals surface area contributed by atoms with E-state index in [1.807, 2.05) is 13.8 Å². The van der Waals surface area contributed by atoms with Crippen LogP contribution in [0.4, 0.5) is 4.39 Å². The SMILES string of the molecule is CCOC(CC)C(=O)Cc1cc(F)cc(Br)c1. The van der Waals surface area contributed by atoms with Gasteiger partial charge in [-0.25, -0.2) is 4.39 Å². The van der Waals surface area contributed by atoms with E-state index in [1.165, 1.54) is 12.1 Å². The number of carbonyl (C=O) groups is 1. The van der Waals surface area contributed by atoms with Gasteiger partial charge in [-0.2, -0.15) is 0 Å². The van der Waals surface area contributed by atoms with Gasteiger partial charge in [0.25, 0.3) is 0 Å². The van der Waals surface area contributed by atoms with E-state index in [4.69, 9.17) is 4.74 Å². The molecule has 0 saturated heterocycles. The van der Waals surface area contributed by atoms with Crippen LogP contribution in [0.5, 0.6) is 0 Å². The summed E-state index contributed by atoms with van der Waals surface area (Å²) in [6.45, 7) is 4.27. The summed E-state index contributed by atoms with van der Waals surface area (Å²) in [6, 6.07) is 4.49. The van der Waals surface area contributed by atoms with E-state index in [2.05, 4.69) is 15.9 Å². The molecule has 1 unspecified atom stereocenters. The van der Waals surface area contributed by atoms with Crippen molar-refractivity contribution in [1.29, 1.82) is 0 Å². The van der Waals surface area contributed by atoms with Gasteiger partial charge in [-0.05, 0) is 37.1 Å². The molecule has 94 valence electrons. The molecule has 0 amide bonds.